The zero-order chi connectivity index (χ0) is 13.0. The van der Waals surface area contributed by atoms with Gasteiger partial charge in [0.15, 0.2) is 0 Å². The van der Waals surface area contributed by atoms with E-state index >= 15 is 0 Å². The molecule has 0 aliphatic carbocycles. The van der Waals surface area contributed by atoms with E-state index < -0.39 is 0 Å². The van der Waals surface area contributed by atoms with Crippen molar-refractivity contribution in [3.05, 3.63) is 57.8 Å². The number of hydrogen-bond acceptors (Lipinski definition) is 2. The van der Waals surface area contributed by atoms with E-state index in [4.69, 9.17) is 0 Å². The molecule has 0 saturated carbocycles. The van der Waals surface area contributed by atoms with Gasteiger partial charge in [-0.2, -0.15) is 0 Å². The van der Waals surface area contributed by atoms with Crippen molar-refractivity contribution in [1.82, 2.24) is 5.32 Å². The van der Waals surface area contributed by atoms with Crippen LogP contribution in [0.5, 0.6) is 0 Å². The van der Waals surface area contributed by atoms with E-state index in [1.54, 1.807) is 11.3 Å². The van der Waals surface area contributed by atoms with Crippen LogP contribution in [0.25, 0.3) is 0 Å². The van der Waals surface area contributed by atoms with E-state index in [1.807, 2.05) is 41.8 Å². The first-order valence-corrected chi connectivity index (χ1v) is 6.95. The molecule has 0 radical (unpaired) electrons. The van der Waals surface area contributed by atoms with Crippen LogP contribution in [-0.2, 0) is 6.54 Å². The van der Waals surface area contributed by atoms with Gasteiger partial charge in [-0.1, -0.05) is 32.0 Å². The Hall–Kier alpha value is -1.61. The highest BCUT2D eigenvalue weighted by Crippen LogP contribution is 2.15. The fourth-order valence-electron chi connectivity index (χ4n) is 1.70. The van der Waals surface area contributed by atoms with E-state index in [9.17, 15) is 4.79 Å². The molecule has 18 heavy (non-hydrogen) atoms. The first kappa shape index (κ1) is 12.8. The van der Waals surface area contributed by atoms with Crippen molar-refractivity contribution >= 4 is 17.2 Å². The molecule has 0 aliphatic heterocycles. The fraction of sp³-hybridized carbons (Fsp3) is 0.267. The van der Waals surface area contributed by atoms with Gasteiger partial charge in [-0.15, -0.1) is 11.3 Å². The van der Waals surface area contributed by atoms with Crippen molar-refractivity contribution in [2.24, 2.45) is 0 Å². The van der Waals surface area contributed by atoms with Gasteiger partial charge in [-0.05, 0) is 35.1 Å². The van der Waals surface area contributed by atoms with Crippen molar-refractivity contribution in [3.63, 3.8) is 0 Å². The maximum Gasteiger partial charge on any atom is 0.251 e. The molecule has 94 valence electrons. The number of hydrogen-bond donors (Lipinski definition) is 1. The molecule has 1 heterocycles. The van der Waals surface area contributed by atoms with Gasteiger partial charge in [-0.3, -0.25) is 4.79 Å². The second kappa shape index (κ2) is 5.83. The van der Waals surface area contributed by atoms with Gasteiger partial charge < -0.3 is 5.32 Å². The second-order valence-corrected chi connectivity index (χ2v) is 5.57. The lowest BCUT2D eigenvalue weighted by molar-refractivity contribution is 0.0951. The van der Waals surface area contributed by atoms with Crippen LogP contribution in [0, 0.1) is 0 Å². The number of carbonyl (C=O) groups excluding carboxylic acids is 1. The van der Waals surface area contributed by atoms with Crippen molar-refractivity contribution in [1.29, 1.82) is 0 Å². The van der Waals surface area contributed by atoms with Gasteiger partial charge in [-0.25, -0.2) is 0 Å². The minimum atomic E-state index is -0.0151. The summed E-state index contributed by atoms with van der Waals surface area (Å²) in [5, 5.41) is 4.93. The zero-order valence-electron chi connectivity index (χ0n) is 10.6. The summed E-state index contributed by atoms with van der Waals surface area (Å²) in [6, 6.07) is 11.8. The van der Waals surface area contributed by atoms with E-state index in [2.05, 4.69) is 19.2 Å². The summed E-state index contributed by atoms with van der Waals surface area (Å²) in [7, 11) is 0. The average Bonchev–Trinajstić information content (AvgIpc) is 2.89. The highest BCUT2D eigenvalue weighted by atomic mass is 32.1. The molecule has 0 spiro atoms. The predicted molar refractivity (Wildman–Crippen MR) is 76.0 cm³/mol. The molecule has 2 aromatic rings. The molecule has 0 atom stereocenters. The summed E-state index contributed by atoms with van der Waals surface area (Å²) in [6.07, 6.45) is 0. The molecule has 2 nitrogen and oxygen atoms in total. The van der Waals surface area contributed by atoms with E-state index in [-0.39, 0.29) is 5.91 Å². The lowest BCUT2D eigenvalue weighted by Gasteiger charge is -2.07. The van der Waals surface area contributed by atoms with Crippen molar-refractivity contribution in [3.8, 4) is 0 Å². The van der Waals surface area contributed by atoms with Gasteiger partial charge in [0.2, 0.25) is 0 Å². The Kier molecular flexibility index (Phi) is 4.15. The summed E-state index contributed by atoms with van der Waals surface area (Å²) in [5.74, 6) is 0.479. The molecule has 0 bridgehead atoms. The van der Waals surface area contributed by atoms with E-state index in [0.29, 0.717) is 12.5 Å². The quantitative estimate of drug-likeness (QED) is 0.889. The first-order chi connectivity index (χ1) is 8.66. The number of rotatable bonds is 4. The monoisotopic (exact) mass is 259 g/mol. The number of nitrogens with one attached hydrogen (secondary N) is 1. The van der Waals surface area contributed by atoms with Crippen LogP contribution in [0.15, 0.2) is 41.8 Å². The van der Waals surface area contributed by atoms with Crippen LogP contribution in [0.3, 0.4) is 0 Å². The summed E-state index contributed by atoms with van der Waals surface area (Å²) in [6.45, 7) is 4.89. The maximum atomic E-state index is 11.9. The Morgan fingerprint density at radius 3 is 2.50 bits per heavy atom. The average molecular weight is 259 g/mol. The van der Waals surface area contributed by atoms with Crippen LogP contribution < -0.4 is 5.32 Å². The molecular weight excluding hydrogens is 242 g/mol. The lowest BCUT2D eigenvalue weighted by Crippen LogP contribution is -2.22. The van der Waals surface area contributed by atoms with Crippen LogP contribution >= 0.6 is 11.3 Å². The normalized spacial score (nSPS) is 10.6. The maximum absolute atomic E-state index is 11.9. The minimum Gasteiger partial charge on any atom is -0.347 e. The molecule has 0 fully saturated rings. The molecule has 0 saturated heterocycles. The third-order valence-electron chi connectivity index (χ3n) is 2.84. The predicted octanol–water partition coefficient (Wildman–Crippen LogP) is 3.80. The van der Waals surface area contributed by atoms with E-state index in [1.165, 1.54) is 10.4 Å². The van der Waals surface area contributed by atoms with Crippen molar-refractivity contribution in [2.45, 2.75) is 26.3 Å². The SMILES string of the molecule is CC(C)c1ccc(C(=O)NCc2cccs2)cc1. The Labute approximate surface area is 112 Å². The largest absolute Gasteiger partial charge is 0.347 e. The summed E-state index contributed by atoms with van der Waals surface area (Å²) >= 11 is 1.65. The molecule has 2 rings (SSSR count). The third kappa shape index (κ3) is 3.20. The topological polar surface area (TPSA) is 29.1 Å². The Morgan fingerprint density at radius 2 is 1.94 bits per heavy atom. The van der Waals surface area contributed by atoms with Gasteiger partial charge in [0.1, 0.15) is 0 Å². The standard InChI is InChI=1S/C15H17NOS/c1-11(2)12-5-7-13(8-6-12)15(17)16-10-14-4-3-9-18-14/h3-9,11H,10H2,1-2H3,(H,16,17). The van der Waals surface area contributed by atoms with Gasteiger partial charge in [0, 0.05) is 10.4 Å². The molecular formula is C15H17NOS. The van der Waals surface area contributed by atoms with Crippen LogP contribution in [-0.4, -0.2) is 5.91 Å². The smallest absolute Gasteiger partial charge is 0.251 e. The van der Waals surface area contributed by atoms with Crippen LogP contribution in [0.2, 0.25) is 0 Å². The fourth-order valence-corrected chi connectivity index (χ4v) is 2.35. The summed E-state index contributed by atoms with van der Waals surface area (Å²) in [5.41, 5.74) is 1.97. The van der Waals surface area contributed by atoms with Crippen LogP contribution in [0.1, 0.15) is 40.6 Å². The Balaban J connectivity index is 1.96. The Morgan fingerprint density at radius 1 is 1.22 bits per heavy atom. The first-order valence-electron chi connectivity index (χ1n) is 6.07. The zero-order valence-corrected chi connectivity index (χ0v) is 11.5. The number of carbonyl (C=O) groups is 1. The van der Waals surface area contributed by atoms with Gasteiger partial charge in [0.05, 0.1) is 6.54 Å². The molecule has 3 heteroatoms. The van der Waals surface area contributed by atoms with Gasteiger partial charge in [0.25, 0.3) is 5.91 Å². The lowest BCUT2D eigenvalue weighted by atomic mass is 10.0. The molecule has 1 aromatic carbocycles. The van der Waals surface area contributed by atoms with E-state index in [0.717, 1.165) is 5.56 Å². The summed E-state index contributed by atoms with van der Waals surface area (Å²) in [4.78, 5) is 13.1. The van der Waals surface area contributed by atoms with Gasteiger partial charge >= 0.3 is 0 Å². The molecule has 0 aliphatic rings. The highest BCUT2D eigenvalue weighted by Gasteiger charge is 2.06. The minimum absolute atomic E-state index is 0.0151. The van der Waals surface area contributed by atoms with Crippen LogP contribution in [0.4, 0.5) is 0 Å². The molecule has 1 aromatic heterocycles. The second-order valence-electron chi connectivity index (χ2n) is 4.54. The number of thiophene rings is 1. The van der Waals surface area contributed by atoms with Crippen molar-refractivity contribution < 1.29 is 4.79 Å². The third-order valence-corrected chi connectivity index (χ3v) is 3.72. The number of amides is 1. The highest BCUT2D eigenvalue weighted by molar-refractivity contribution is 7.09. The number of benzene rings is 1. The molecule has 1 N–H and O–H groups in total. The van der Waals surface area contributed by atoms with Crippen molar-refractivity contribution in [2.75, 3.05) is 0 Å². The Bertz CT molecular complexity index is 500. The molecule has 0 unspecified atom stereocenters. The molecule has 1 amide bonds. The summed E-state index contributed by atoms with van der Waals surface area (Å²) < 4.78 is 0.